The van der Waals surface area contributed by atoms with E-state index in [1.807, 2.05) is 0 Å². The number of anilines is 1. The highest BCUT2D eigenvalue weighted by atomic mass is 16.6. The van der Waals surface area contributed by atoms with E-state index in [-0.39, 0.29) is 39.2 Å². The number of fused-ring (bicyclic) bond motifs is 1. The fourth-order valence-electron chi connectivity index (χ4n) is 5.77. The average molecular weight is 684 g/mol. The van der Waals surface area contributed by atoms with Crippen LogP contribution in [-0.2, 0) is 14.2 Å². The third kappa shape index (κ3) is 6.58. The average Bonchev–Trinajstić information content (AvgIpc) is 3.77. The van der Waals surface area contributed by atoms with Crippen molar-refractivity contribution >= 4 is 40.7 Å². The van der Waals surface area contributed by atoms with Crippen LogP contribution in [0.4, 0.5) is 5.82 Å². The molecule has 2 amide bonds. The Hall–Kier alpha value is -6.57. The molecule has 51 heavy (non-hydrogen) atoms. The third-order valence-electron chi connectivity index (χ3n) is 8.24. The summed E-state index contributed by atoms with van der Waals surface area (Å²) in [6.45, 7) is -0.597. The Morgan fingerprint density at radius 1 is 0.647 bits per heavy atom. The number of imide groups is 1. The van der Waals surface area contributed by atoms with Gasteiger partial charge in [-0.15, -0.1) is 0 Å². The molecule has 4 aromatic carbocycles. The fraction of sp³-hybridized carbons (Fsp3) is 0.132. The van der Waals surface area contributed by atoms with E-state index in [2.05, 4.69) is 15.0 Å². The minimum Gasteiger partial charge on any atom is -0.452 e. The first-order valence-corrected chi connectivity index (χ1v) is 15.9. The van der Waals surface area contributed by atoms with Crippen LogP contribution in [0.5, 0.6) is 0 Å². The first-order valence-electron chi connectivity index (χ1n) is 15.9. The summed E-state index contributed by atoms with van der Waals surface area (Å²) >= 11 is 0. The number of carbonyl (C=O) groups excluding carboxylic acids is 4. The molecule has 0 radical (unpaired) electrons. The van der Waals surface area contributed by atoms with Gasteiger partial charge in [-0.3, -0.25) is 14.2 Å². The first-order chi connectivity index (χ1) is 24.9. The summed E-state index contributed by atoms with van der Waals surface area (Å²) in [7, 11) is 0. The van der Waals surface area contributed by atoms with Gasteiger partial charge in [-0.1, -0.05) is 72.8 Å². The molecule has 2 aromatic heterocycles. The normalized spacial score (nSPS) is 18.2. The molecule has 1 N–H and O–H groups in total. The van der Waals surface area contributed by atoms with Gasteiger partial charge in [0.25, 0.3) is 11.8 Å². The zero-order valence-corrected chi connectivity index (χ0v) is 26.8. The predicted octanol–water partition coefficient (Wildman–Crippen LogP) is 4.65. The second-order valence-corrected chi connectivity index (χ2v) is 11.4. The Balaban J connectivity index is 1.31. The molecule has 0 saturated carbocycles. The molecule has 3 heterocycles. The second kappa shape index (κ2) is 14.5. The van der Waals surface area contributed by atoms with Gasteiger partial charge in [0.1, 0.15) is 12.4 Å². The molecule has 13 nitrogen and oxygen atoms in total. The van der Waals surface area contributed by atoms with Gasteiger partial charge in [-0.25, -0.2) is 29.4 Å². The van der Waals surface area contributed by atoms with Crippen LogP contribution in [0, 0.1) is 0 Å². The SMILES string of the molecule is O=C(O[C@@H]1[C@H](OC(=O)c2ccccc2)[C@@H](CO)O[C@H]1n1cnc2c(N(C(=O)c3ccccc3)C(=O)c3ccccc3)ncnc21)c1ccccc1. The van der Waals surface area contributed by atoms with Crippen LogP contribution in [0.3, 0.4) is 0 Å². The van der Waals surface area contributed by atoms with Gasteiger partial charge in [0.05, 0.1) is 24.1 Å². The maximum atomic E-state index is 14.0. The number of aliphatic hydroxyl groups excluding tert-OH is 1. The van der Waals surface area contributed by atoms with E-state index in [9.17, 15) is 24.3 Å². The van der Waals surface area contributed by atoms with Crippen molar-refractivity contribution in [3.05, 3.63) is 156 Å². The lowest BCUT2D eigenvalue weighted by Gasteiger charge is -2.25. The van der Waals surface area contributed by atoms with E-state index in [1.165, 1.54) is 10.9 Å². The molecule has 1 aliphatic heterocycles. The van der Waals surface area contributed by atoms with Crippen molar-refractivity contribution in [3.8, 4) is 0 Å². The summed E-state index contributed by atoms with van der Waals surface area (Å²) in [4.78, 5) is 68.8. The van der Waals surface area contributed by atoms with Gasteiger partial charge in [0.15, 0.2) is 35.4 Å². The number of rotatable bonds is 9. The molecule has 0 spiro atoms. The number of hydrogen-bond donors (Lipinski definition) is 1. The number of carbonyl (C=O) groups is 4. The van der Waals surface area contributed by atoms with Crippen LogP contribution >= 0.6 is 0 Å². The van der Waals surface area contributed by atoms with Gasteiger partial charge in [-0.2, -0.15) is 0 Å². The van der Waals surface area contributed by atoms with Gasteiger partial charge >= 0.3 is 11.9 Å². The number of amides is 2. The fourth-order valence-corrected chi connectivity index (χ4v) is 5.77. The van der Waals surface area contributed by atoms with Gasteiger partial charge in [-0.05, 0) is 48.5 Å². The van der Waals surface area contributed by atoms with E-state index in [1.54, 1.807) is 121 Å². The lowest BCUT2D eigenvalue weighted by Crippen LogP contribution is -2.40. The number of benzene rings is 4. The molecule has 1 saturated heterocycles. The summed E-state index contributed by atoms with van der Waals surface area (Å²) in [5.74, 6) is -2.87. The van der Waals surface area contributed by atoms with Gasteiger partial charge in [0, 0.05) is 11.1 Å². The van der Waals surface area contributed by atoms with E-state index >= 15 is 0 Å². The van der Waals surface area contributed by atoms with Crippen LogP contribution in [0.15, 0.2) is 134 Å². The highest BCUT2D eigenvalue weighted by Crippen LogP contribution is 2.37. The number of aromatic nitrogens is 4. The molecule has 13 heteroatoms. The maximum absolute atomic E-state index is 14.0. The van der Waals surface area contributed by atoms with Crippen LogP contribution in [0.25, 0.3) is 11.2 Å². The summed E-state index contributed by atoms with van der Waals surface area (Å²) in [6, 6.07) is 32.9. The van der Waals surface area contributed by atoms with Crippen molar-refractivity contribution in [1.82, 2.24) is 19.5 Å². The Labute approximate surface area is 290 Å². The summed E-state index contributed by atoms with van der Waals surface area (Å²) in [5, 5.41) is 10.4. The summed E-state index contributed by atoms with van der Waals surface area (Å²) < 4.78 is 19.4. The Kier molecular flexibility index (Phi) is 9.37. The Bertz CT molecular complexity index is 2130. The number of imidazole rings is 1. The van der Waals surface area contributed by atoms with E-state index in [4.69, 9.17) is 14.2 Å². The smallest absolute Gasteiger partial charge is 0.338 e. The molecular formula is C38H29N5O8. The number of nitrogens with zero attached hydrogens (tertiary/aromatic N) is 5. The molecule has 7 rings (SSSR count). The maximum Gasteiger partial charge on any atom is 0.338 e. The monoisotopic (exact) mass is 683 g/mol. The molecule has 4 atom stereocenters. The summed E-state index contributed by atoms with van der Waals surface area (Å²) in [6.07, 6.45) is -2.47. The predicted molar refractivity (Wildman–Crippen MR) is 182 cm³/mol. The molecule has 1 fully saturated rings. The number of esters is 2. The highest BCUT2D eigenvalue weighted by Gasteiger charge is 2.51. The Morgan fingerprint density at radius 3 is 1.61 bits per heavy atom. The number of aliphatic hydroxyl groups is 1. The zero-order chi connectivity index (χ0) is 35.3. The van der Waals surface area contributed by atoms with Crippen molar-refractivity contribution in [1.29, 1.82) is 0 Å². The van der Waals surface area contributed by atoms with E-state index < -0.39 is 54.9 Å². The molecule has 0 unspecified atom stereocenters. The van der Waals surface area contributed by atoms with Gasteiger partial charge in [0.2, 0.25) is 0 Å². The van der Waals surface area contributed by atoms with E-state index in [0.29, 0.717) is 0 Å². The quantitative estimate of drug-likeness (QED) is 0.167. The lowest BCUT2D eigenvalue weighted by atomic mass is 10.1. The zero-order valence-electron chi connectivity index (χ0n) is 26.8. The van der Waals surface area contributed by atoms with Crippen molar-refractivity contribution < 1.29 is 38.5 Å². The van der Waals surface area contributed by atoms with Gasteiger partial charge < -0.3 is 19.3 Å². The molecular weight excluding hydrogens is 654 g/mol. The van der Waals surface area contributed by atoms with Crippen LogP contribution in [0.1, 0.15) is 47.7 Å². The minimum absolute atomic E-state index is 0.0491. The lowest BCUT2D eigenvalue weighted by molar-refractivity contribution is -0.0566. The van der Waals surface area contributed by atoms with Crippen molar-refractivity contribution in [2.75, 3.05) is 11.5 Å². The first kappa shape index (κ1) is 33.0. The van der Waals surface area contributed by atoms with Crippen molar-refractivity contribution in [3.63, 3.8) is 0 Å². The van der Waals surface area contributed by atoms with Crippen molar-refractivity contribution in [2.45, 2.75) is 24.5 Å². The molecule has 0 bridgehead atoms. The largest absolute Gasteiger partial charge is 0.452 e. The topological polar surface area (TPSA) is 163 Å². The molecule has 6 aromatic rings. The third-order valence-corrected chi connectivity index (χ3v) is 8.24. The molecule has 254 valence electrons. The van der Waals surface area contributed by atoms with E-state index in [0.717, 1.165) is 11.2 Å². The number of ether oxygens (including phenoxy) is 3. The highest BCUT2D eigenvalue weighted by molar-refractivity contribution is 6.27. The molecule has 0 aliphatic carbocycles. The molecule has 1 aliphatic rings. The standard InChI is InChI=1S/C38H29N5O8/c44-21-28-30(50-37(47)26-17-9-3-10-18-26)31(51-38(48)27-19-11-4-12-20-27)36(49-28)42-23-41-29-32(42)39-22-40-33(29)43(34(45)24-13-5-1-6-14-24)35(46)25-15-7-2-8-16-25/h1-20,22-23,28,30-31,36,44H,21H2/t28-,30-,31-,36-/m1/s1. The minimum atomic E-state index is -1.31. The second-order valence-electron chi connectivity index (χ2n) is 11.4. The summed E-state index contributed by atoms with van der Waals surface area (Å²) in [5.41, 5.74) is 1.08. The van der Waals surface area contributed by atoms with Crippen LogP contribution < -0.4 is 4.90 Å². The van der Waals surface area contributed by atoms with Crippen LogP contribution in [0.2, 0.25) is 0 Å². The van der Waals surface area contributed by atoms with Crippen molar-refractivity contribution in [2.24, 2.45) is 0 Å². The number of hydrogen-bond acceptors (Lipinski definition) is 11. The van der Waals surface area contributed by atoms with Crippen LogP contribution in [-0.4, -0.2) is 73.3 Å². The Morgan fingerprint density at radius 2 is 1.12 bits per heavy atom.